The zero-order chi connectivity index (χ0) is 12.3. The number of anilines is 2. The third-order valence-electron chi connectivity index (χ3n) is 2.67. The van der Waals surface area contributed by atoms with Crippen molar-refractivity contribution >= 4 is 11.6 Å². The van der Waals surface area contributed by atoms with Crippen LogP contribution in [0.2, 0.25) is 0 Å². The molecular formula is C12H21N5. The van der Waals surface area contributed by atoms with E-state index in [0.29, 0.717) is 6.04 Å². The fourth-order valence-corrected chi connectivity index (χ4v) is 1.60. The second kappa shape index (κ2) is 5.31. The van der Waals surface area contributed by atoms with Gasteiger partial charge in [-0.1, -0.05) is 0 Å². The van der Waals surface area contributed by atoms with E-state index in [4.69, 9.17) is 5.73 Å². The number of nitrogens with one attached hydrogen (secondary N) is 2. The molecule has 1 aromatic rings. The maximum absolute atomic E-state index is 5.71. The molecule has 1 aliphatic rings. The van der Waals surface area contributed by atoms with Crippen molar-refractivity contribution in [3.8, 4) is 0 Å². The van der Waals surface area contributed by atoms with E-state index in [2.05, 4.69) is 20.6 Å². The van der Waals surface area contributed by atoms with E-state index < -0.39 is 0 Å². The fraction of sp³-hybridized carbons (Fsp3) is 0.667. The zero-order valence-corrected chi connectivity index (χ0v) is 10.5. The monoisotopic (exact) mass is 235 g/mol. The Morgan fingerprint density at radius 1 is 1.41 bits per heavy atom. The third kappa shape index (κ3) is 4.19. The second-order valence-corrected chi connectivity index (χ2v) is 4.80. The number of hydrogen-bond donors (Lipinski definition) is 3. The summed E-state index contributed by atoms with van der Waals surface area (Å²) in [6, 6.07) is 2.79. The molecule has 1 aliphatic carbocycles. The average Bonchev–Trinajstić information content (AvgIpc) is 3.00. The molecule has 4 N–H and O–H groups in total. The van der Waals surface area contributed by atoms with Crippen LogP contribution < -0.4 is 16.4 Å². The lowest BCUT2D eigenvalue weighted by atomic mass is 10.2. The molecule has 1 atom stereocenters. The van der Waals surface area contributed by atoms with Gasteiger partial charge in [0.15, 0.2) is 0 Å². The van der Waals surface area contributed by atoms with Gasteiger partial charge in [-0.3, -0.25) is 0 Å². The molecule has 0 saturated heterocycles. The molecule has 17 heavy (non-hydrogen) atoms. The zero-order valence-electron chi connectivity index (χ0n) is 10.5. The van der Waals surface area contributed by atoms with Crippen molar-refractivity contribution in [2.45, 2.75) is 45.2 Å². The summed E-state index contributed by atoms with van der Waals surface area (Å²) >= 11 is 0. The standard InChI is InChI=1S/C12H21N5/c1-8(13)5-6-14-11-7-12(16-9(2)15-11)17-10-3-4-10/h7-8,10H,3-6,13H2,1-2H3,(H2,14,15,16,17). The van der Waals surface area contributed by atoms with Gasteiger partial charge in [-0.15, -0.1) is 0 Å². The highest BCUT2D eigenvalue weighted by molar-refractivity contribution is 5.48. The Kier molecular flexibility index (Phi) is 3.78. The minimum absolute atomic E-state index is 0.217. The van der Waals surface area contributed by atoms with E-state index in [1.54, 1.807) is 0 Å². The second-order valence-electron chi connectivity index (χ2n) is 4.80. The van der Waals surface area contributed by atoms with E-state index in [-0.39, 0.29) is 6.04 Å². The van der Waals surface area contributed by atoms with Crippen molar-refractivity contribution < 1.29 is 0 Å². The van der Waals surface area contributed by atoms with E-state index in [9.17, 15) is 0 Å². The quantitative estimate of drug-likeness (QED) is 0.697. The van der Waals surface area contributed by atoms with Gasteiger partial charge < -0.3 is 16.4 Å². The molecule has 1 unspecified atom stereocenters. The lowest BCUT2D eigenvalue weighted by molar-refractivity contribution is 0.689. The van der Waals surface area contributed by atoms with Crippen LogP contribution in [-0.2, 0) is 0 Å². The number of aryl methyl sites for hydroxylation is 1. The predicted molar refractivity (Wildman–Crippen MR) is 70.2 cm³/mol. The van der Waals surface area contributed by atoms with Gasteiger partial charge in [-0.05, 0) is 33.1 Å². The molecule has 0 aromatic carbocycles. The molecule has 2 rings (SSSR count). The molecule has 1 heterocycles. The van der Waals surface area contributed by atoms with Crippen molar-refractivity contribution in [3.05, 3.63) is 11.9 Å². The third-order valence-corrected chi connectivity index (χ3v) is 2.67. The largest absolute Gasteiger partial charge is 0.370 e. The first kappa shape index (κ1) is 12.1. The summed E-state index contributed by atoms with van der Waals surface area (Å²) in [5.74, 6) is 2.59. The Morgan fingerprint density at radius 2 is 2.12 bits per heavy atom. The highest BCUT2D eigenvalue weighted by Gasteiger charge is 2.21. The fourth-order valence-electron chi connectivity index (χ4n) is 1.60. The first-order valence-corrected chi connectivity index (χ1v) is 6.25. The van der Waals surface area contributed by atoms with Crippen LogP contribution in [0.1, 0.15) is 32.0 Å². The summed E-state index contributed by atoms with van der Waals surface area (Å²) in [5.41, 5.74) is 5.71. The first-order chi connectivity index (χ1) is 8.13. The topological polar surface area (TPSA) is 75.9 Å². The van der Waals surface area contributed by atoms with Crippen molar-refractivity contribution in [3.63, 3.8) is 0 Å². The Hall–Kier alpha value is -1.36. The van der Waals surface area contributed by atoms with Crippen molar-refractivity contribution in [2.75, 3.05) is 17.2 Å². The minimum Gasteiger partial charge on any atom is -0.370 e. The van der Waals surface area contributed by atoms with Gasteiger partial charge in [0, 0.05) is 24.7 Å². The van der Waals surface area contributed by atoms with Gasteiger partial charge in [-0.2, -0.15) is 0 Å². The number of nitrogens with two attached hydrogens (primary N) is 1. The SMILES string of the molecule is Cc1nc(NCCC(C)N)cc(NC2CC2)n1. The molecule has 0 aliphatic heterocycles. The van der Waals surface area contributed by atoms with Crippen LogP contribution in [0.3, 0.4) is 0 Å². The molecule has 1 saturated carbocycles. The maximum Gasteiger partial charge on any atom is 0.132 e. The van der Waals surface area contributed by atoms with Gasteiger partial charge in [0.1, 0.15) is 17.5 Å². The highest BCUT2D eigenvalue weighted by Crippen LogP contribution is 2.24. The molecule has 0 bridgehead atoms. The van der Waals surface area contributed by atoms with Gasteiger partial charge in [0.25, 0.3) is 0 Å². The lowest BCUT2D eigenvalue weighted by Gasteiger charge is -2.10. The van der Waals surface area contributed by atoms with Crippen molar-refractivity contribution in [1.29, 1.82) is 0 Å². The Bertz CT molecular complexity index is 373. The smallest absolute Gasteiger partial charge is 0.132 e. The van der Waals surface area contributed by atoms with Crippen LogP contribution in [0.5, 0.6) is 0 Å². The van der Waals surface area contributed by atoms with Gasteiger partial charge in [-0.25, -0.2) is 9.97 Å². The molecule has 1 fully saturated rings. The Morgan fingerprint density at radius 3 is 2.76 bits per heavy atom. The molecular weight excluding hydrogens is 214 g/mol. The molecule has 1 aromatic heterocycles. The molecule has 5 nitrogen and oxygen atoms in total. The molecule has 0 amide bonds. The lowest BCUT2D eigenvalue weighted by Crippen LogP contribution is -2.19. The van der Waals surface area contributed by atoms with Crippen LogP contribution in [-0.4, -0.2) is 28.6 Å². The highest BCUT2D eigenvalue weighted by atomic mass is 15.1. The summed E-state index contributed by atoms with van der Waals surface area (Å²) in [6.07, 6.45) is 3.43. The van der Waals surface area contributed by atoms with Crippen molar-refractivity contribution in [1.82, 2.24) is 9.97 Å². The predicted octanol–water partition coefficient (Wildman–Crippen LogP) is 1.51. The molecule has 5 heteroatoms. The summed E-state index contributed by atoms with van der Waals surface area (Å²) in [4.78, 5) is 8.73. The molecule has 0 spiro atoms. The van der Waals surface area contributed by atoms with E-state index in [0.717, 1.165) is 30.4 Å². The molecule has 94 valence electrons. The molecule has 0 radical (unpaired) electrons. The number of nitrogens with zero attached hydrogens (tertiary/aromatic N) is 2. The van der Waals surface area contributed by atoms with Gasteiger partial charge in [0.2, 0.25) is 0 Å². The van der Waals surface area contributed by atoms with E-state index >= 15 is 0 Å². The number of aromatic nitrogens is 2. The summed E-state index contributed by atoms with van der Waals surface area (Å²) in [5, 5.41) is 6.66. The Balaban J connectivity index is 1.92. The number of rotatable bonds is 6. The minimum atomic E-state index is 0.217. The summed E-state index contributed by atoms with van der Waals surface area (Å²) in [7, 11) is 0. The van der Waals surface area contributed by atoms with Crippen LogP contribution in [0, 0.1) is 6.92 Å². The Labute approximate surface area is 102 Å². The van der Waals surface area contributed by atoms with Gasteiger partial charge >= 0.3 is 0 Å². The summed E-state index contributed by atoms with van der Waals surface area (Å²) < 4.78 is 0. The van der Waals surface area contributed by atoms with E-state index in [1.165, 1.54) is 12.8 Å². The number of hydrogen-bond acceptors (Lipinski definition) is 5. The van der Waals surface area contributed by atoms with Crippen LogP contribution in [0.4, 0.5) is 11.6 Å². The van der Waals surface area contributed by atoms with Crippen LogP contribution in [0.25, 0.3) is 0 Å². The normalized spacial score (nSPS) is 16.6. The first-order valence-electron chi connectivity index (χ1n) is 6.25. The van der Waals surface area contributed by atoms with Crippen LogP contribution >= 0.6 is 0 Å². The van der Waals surface area contributed by atoms with Crippen LogP contribution in [0.15, 0.2) is 6.07 Å². The van der Waals surface area contributed by atoms with Crippen molar-refractivity contribution in [2.24, 2.45) is 5.73 Å². The average molecular weight is 235 g/mol. The van der Waals surface area contributed by atoms with E-state index in [1.807, 2.05) is 19.9 Å². The van der Waals surface area contributed by atoms with Gasteiger partial charge in [0.05, 0.1) is 0 Å². The summed E-state index contributed by atoms with van der Waals surface area (Å²) in [6.45, 7) is 4.76. The maximum atomic E-state index is 5.71.